The van der Waals surface area contributed by atoms with E-state index < -0.39 is 0 Å². The quantitative estimate of drug-likeness (QED) is 0.493. The maximum absolute atomic E-state index is 5.32. The Morgan fingerprint density at radius 1 is 1.17 bits per heavy atom. The minimum absolute atomic E-state index is 0.497. The van der Waals surface area contributed by atoms with Gasteiger partial charge in [-0.05, 0) is 12.1 Å². The summed E-state index contributed by atoms with van der Waals surface area (Å²) in [7, 11) is 0. The molecule has 0 aromatic heterocycles. The smallest absolute Gasteiger partial charge is 0.119 e. The van der Waals surface area contributed by atoms with E-state index in [-0.39, 0.29) is 0 Å². The third kappa shape index (κ3) is 3.34. The van der Waals surface area contributed by atoms with Gasteiger partial charge in [-0.15, -0.1) is 0 Å². The molecule has 0 atom stereocenters. The monoisotopic (exact) mass is 167 g/mol. The lowest BCUT2D eigenvalue weighted by Crippen LogP contribution is -2.40. The molecule has 1 aromatic carbocycles. The SMILES string of the molecule is NN(N)CCOc1ccccc1. The average molecular weight is 167 g/mol. The maximum Gasteiger partial charge on any atom is 0.119 e. The first kappa shape index (κ1) is 8.99. The van der Waals surface area contributed by atoms with Crippen molar-refractivity contribution in [3.8, 4) is 5.75 Å². The van der Waals surface area contributed by atoms with Gasteiger partial charge < -0.3 is 4.74 Å². The summed E-state index contributed by atoms with van der Waals surface area (Å²) in [6.07, 6.45) is 0. The van der Waals surface area contributed by atoms with Crippen molar-refractivity contribution in [3.05, 3.63) is 30.3 Å². The first-order valence-corrected chi connectivity index (χ1v) is 3.74. The standard InChI is InChI=1S/C8H13N3O/c9-11(10)6-7-12-8-4-2-1-3-5-8/h1-5H,6-7,9-10H2. The first-order chi connectivity index (χ1) is 5.79. The van der Waals surface area contributed by atoms with Gasteiger partial charge in [-0.25, -0.2) is 0 Å². The number of ether oxygens (including phenoxy) is 1. The molecule has 66 valence electrons. The second-order valence-electron chi connectivity index (χ2n) is 2.40. The zero-order valence-corrected chi connectivity index (χ0v) is 6.81. The molecule has 4 N–H and O–H groups in total. The third-order valence-electron chi connectivity index (χ3n) is 1.36. The highest BCUT2D eigenvalue weighted by Gasteiger charge is 1.92. The molecule has 0 amide bonds. The number of para-hydroxylation sites is 1. The zero-order chi connectivity index (χ0) is 8.81. The van der Waals surface area contributed by atoms with Crippen LogP contribution >= 0.6 is 0 Å². The Labute approximate surface area is 71.7 Å². The fraction of sp³-hybridized carbons (Fsp3) is 0.250. The van der Waals surface area contributed by atoms with Gasteiger partial charge in [0.15, 0.2) is 0 Å². The summed E-state index contributed by atoms with van der Waals surface area (Å²) in [5, 5.41) is 1.10. The molecular weight excluding hydrogens is 154 g/mol. The molecule has 0 heterocycles. The van der Waals surface area contributed by atoms with Crippen molar-refractivity contribution in [2.24, 2.45) is 11.7 Å². The summed E-state index contributed by atoms with van der Waals surface area (Å²) in [6, 6.07) is 9.54. The number of nitrogens with zero attached hydrogens (tertiary/aromatic N) is 1. The molecule has 1 aromatic rings. The van der Waals surface area contributed by atoms with Crippen LogP contribution in [0, 0.1) is 0 Å². The van der Waals surface area contributed by atoms with Crippen molar-refractivity contribution in [1.29, 1.82) is 0 Å². The van der Waals surface area contributed by atoms with E-state index in [4.69, 9.17) is 16.4 Å². The lowest BCUT2D eigenvalue weighted by atomic mass is 10.3. The minimum atomic E-state index is 0.497. The molecule has 12 heavy (non-hydrogen) atoms. The highest BCUT2D eigenvalue weighted by molar-refractivity contribution is 5.20. The van der Waals surface area contributed by atoms with Crippen LogP contribution in [0.5, 0.6) is 5.75 Å². The van der Waals surface area contributed by atoms with E-state index in [0.717, 1.165) is 10.9 Å². The Morgan fingerprint density at radius 2 is 1.83 bits per heavy atom. The minimum Gasteiger partial charge on any atom is -0.492 e. The van der Waals surface area contributed by atoms with Crippen molar-refractivity contribution in [3.63, 3.8) is 0 Å². The van der Waals surface area contributed by atoms with E-state index in [2.05, 4.69) is 0 Å². The normalized spacial score (nSPS) is 10.2. The molecule has 0 fully saturated rings. The second kappa shape index (κ2) is 4.71. The molecule has 0 aliphatic heterocycles. The molecule has 0 spiro atoms. The van der Waals surface area contributed by atoms with Gasteiger partial charge in [-0.3, -0.25) is 11.7 Å². The third-order valence-corrected chi connectivity index (χ3v) is 1.36. The van der Waals surface area contributed by atoms with Crippen LogP contribution in [0.25, 0.3) is 0 Å². The first-order valence-electron chi connectivity index (χ1n) is 3.74. The summed E-state index contributed by atoms with van der Waals surface area (Å²) in [5.41, 5.74) is 0. The summed E-state index contributed by atoms with van der Waals surface area (Å²) in [4.78, 5) is 0. The number of hydrogen-bond donors (Lipinski definition) is 2. The van der Waals surface area contributed by atoms with Crippen LogP contribution < -0.4 is 16.4 Å². The van der Waals surface area contributed by atoms with Crippen LogP contribution in [-0.2, 0) is 0 Å². The molecule has 0 radical (unpaired) electrons. The van der Waals surface area contributed by atoms with Gasteiger partial charge >= 0.3 is 0 Å². The second-order valence-corrected chi connectivity index (χ2v) is 2.40. The topological polar surface area (TPSA) is 64.5 Å². The van der Waals surface area contributed by atoms with Crippen LogP contribution in [0.15, 0.2) is 30.3 Å². The van der Waals surface area contributed by atoms with Crippen molar-refractivity contribution in [1.82, 2.24) is 5.12 Å². The van der Waals surface area contributed by atoms with Crippen molar-refractivity contribution >= 4 is 0 Å². The van der Waals surface area contributed by atoms with Gasteiger partial charge in [0.05, 0.1) is 6.54 Å². The van der Waals surface area contributed by atoms with Crippen LogP contribution in [0.2, 0.25) is 0 Å². The summed E-state index contributed by atoms with van der Waals surface area (Å²) in [6.45, 7) is 1.01. The van der Waals surface area contributed by atoms with E-state index in [1.807, 2.05) is 30.3 Å². The Morgan fingerprint density at radius 3 is 2.42 bits per heavy atom. The van der Waals surface area contributed by atoms with Gasteiger partial charge in [0.1, 0.15) is 12.4 Å². The van der Waals surface area contributed by atoms with Gasteiger partial charge in [0.2, 0.25) is 0 Å². The molecular formula is C8H13N3O. The van der Waals surface area contributed by atoms with E-state index in [1.165, 1.54) is 0 Å². The fourth-order valence-corrected chi connectivity index (χ4v) is 0.786. The summed E-state index contributed by atoms with van der Waals surface area (Å²) in [5.74, 6) is 11.2. The number of hydrazine groups is 2. The largest absolute Gasteiger partial charge is 0.492 e. The molecule has 1 rings (SSSR count). The lowest BCUT2D eigenvalue weighted by molar-refractivity contribution is 0.216. The Hall–Kier alpha value is -1.10. The number of rotatable bonds is 4. The van der Waals surface area contributed by atoms with E-state index >= 15 is 0 Å². The van der Waals surface area contributed by atoms with E-state index in [0.29, 0.717) is 13.2 Å². The van der Waals surface area contributed by atoms with Crippen LogP contribution in [0.4, 0.5) is 0 Å². The molecule has 0 aliphatic rings. The summed E-state index contributed by atoms with van der Waals surface area (Å²) >= 11 is 0. The van der Waals surface area contributed by atoms with Crippen LogP contribution in [0.3, 0.4) is 0 Å². The molecule has 0 saturated heterocycles. The van der Waals surface area contributed by atoms with Crippen LogP contribution in [0.1, 0.15) is 0 Å². The van der Waals surface area contributed by atoms with Crippen molar-refractivity contribution in [2.75, 3.05) is 13.2 Å². The summed E-state index contributed by atoms with van der Waals surface area (Å²) < 4.78 is 5.32. The maximum atomic E-state index is 5.32. The van der Waals surface area contributed by atoms with Crippen molar-refractivity contribution in [2.45, 2.75) is 0 Å². The highest BCUT2D eigenvalue weighted by Crippen LogP contribution is 2.07. The molecule has 4 nitrogen and oxygen atoms in total. The Bertz CT molecular complexity index is 213. The highest BCUT2D eigenvalue weighted by atomic mass is 16.5. The average Bonchev–Trinajstić information content (AvgIpc) is 2.05. The van der Waals surface area contributed by atoms with Gasteiger partial charge in [0, 0.05) is 0 Å². The van der Waals surface area contributed by atoms with Gasteiger partial charge in [-0.2, -0.15) is 5.12 Å². The van der Waals surface area contributed by atoms with Crippen molar-refractivity contribution < 1.29 is 4.74 Å². The number of benzene rings is 1. The Balaban J connectivity index is 2.25. The van der Waals surface area contributed by atoms with E-state index in [9.17, 15) is 0 Å². The number of nitrogens with two attached hydrogens (primary N) is 2. The Kier molecular flexibility index (Phi) is 3.53. The lowest BCUT2D eigenvalue weighted by Gasteiger charge is -2.09. The predicted octanol–water partition coefficient (Wildman–Crippen LogP) is 0.115. The number of hydrogen-bond acceptors (Lipinski definition) is 4. The molecule has 4 heteroatoms. The predicted molar refractivity (Wildman–Crippen MR) is 47.0 cm³/mol. The van der Waals surface area contributed by atoms with Gasteiger partial charge in [-0.1, -0.05) is 18.2 Å². The fourth-order valence-electron chi connectivity index (χ4n) is 0.786. The van der Waals surface area contributed by atoms with Crippen LogP contribution in [-0.4, -0.2) is 18.3 Å². The van der Waals surface area contributed by atoms with E-state index in [1.54, 1.807) is 0 Å². The molecule has 0 bridgehead atoms. The molecule has 0 saturated carbocycles. The van der Waals surface area contributed by atoms with Gasteiger partial charge in [0.25, 0.3) is 0 Å². The zero-order valence-electron chi connectivity index (χ0n) is 6.81. The molecule has 0 unspecified atom stereocenters. The molecule has 0 aliphatic carbocycles.